The van der Waals surface area contributed by atoms with Crippen LogP contribution >= 0.6 is 0 Å². The Labute approximate surface area is 116 Å². The summed E-state index contributed by atoms with van der Waals surface area (Å²) in [6.07, 6.45) is 3.20. The fraction of sp³-hybridized carbons (Fsp3) is 0.562. The van der Waals surface area contributed by atoms with Crippen LogP contribution in [-0.2, 0) is 11.2 Å². The molecule has 0 aromatic heterocycles. The van der Waals surface area contributed by atoms with Crippen molar-refractivity contribution < 1.29 is 9.90 Å². The number of aliphatic carboxylic acids is 1. The molecule has 0 fully saturated rings. The van der Waals surface area contributed by atoms with Crippen molar-refractivity contribution in [1.82, 2.24) is 4.90 Å². The summed E-state index contributed by atoms with van der Waals surface area (Å²) in [7, 11) is 0. The Bertz CT molecular complexity index is 364. The SMILES string of the molecule is CCCN(CCCc1ccccc1)CC(C)C(=O)O. The average Bonchev–Trinajstić information content (AvgIpc) is 2.40. The lowest BCUT2D eigenvalue weighted by molar-refractivity contribution is -0.141. The van der Waals surface area contributed by atoms with Gasteiger partial charge >= 0.3 is 5.97 Å². The zero-order valence-corrected chi connectivity index (χ0v) is 12.0. The molecule has 0 saturated heterocycles. The Morgan fingerprint density at radius 3 is 2.53 bits per heavy atom. The van der Waals surface area contributed by atoms with E-state index < -0.39 is 5.97 Å². The normalized spacial score (nSPS) is 12.6. The molecule has 0 aliphatic carbocycles. The molecule has 1 aromatic carbocycles. The first kappa shape index (κ1) is 15.7. The van der Waals surface area contributed by atoms with Gasteiger partial charge in [0.15, 0.2) is 0 Å². The summed E-state index contributed by atoms with van der Waals surface area (Å²) in [5, 5.41) is 8.98. The predicted molar refractivity (Wildman–Crippen MR) is 78.3 cm³/mol. The molecule has 19 heavy (non-hydrogen) atoms. The molecule has 1 aromatic rings. The van der Waals surface area contributed by atoms with Crippen molar-refractivity contribution in [3.63, 3.8) is 0 Å². The smallest absolute Gasteiger partial charge is 0.307 e. The molecule has 106 valence electrons. The molecule has 3 nitrogen and oxygen atoms in total. The highest BCUT2D eigenvalue weighted by molar-refractivity contribution is 5.69. The molecule has 1 atom stereocenters. The summed E-state index contributed by atoms with van der Waals surface area (Å²) in [6.45, 7) is 6.52. The number of carboxylic acids is 1. The summed E-state index contributed by atoms with van der Waals surface area (Å²) in [4.78, 5) is 13.2. The van der Waals surface area contributed by atoms with Gasteiger partial charge in [-0.2, -0.15) is 0 Å². The first-order valence-corrected chi connectivity index (χ1v) is 7.12. The third-order valence-electron chi connectivity index (χ3n) is 3.28. The van der Waals surface area contributed by atoms with Crippen molar-refractivity contribution in [2.24, 2.45) is 5.92 Å². The predicted octanol–water partition coefficient (Wildman–Crippen LogP) is 3.05. The van der Waals surface area contributed by atoms with E-state index in [9.17, 15) is 4.79 Å². The first-order chi connectivity index (χ1) is 9.13. The quantitative estimate of drug-likeness (QED) is 0.744. The minimum absolute atomic E-state index is 0.289. The van der Waals surface area contributed by atoms with E-state index in [1.54, 1.807) is 6.92 Å². The van der Waals surface area contributed by atoms with E-state index in [0.717, 1.165) is 32.4 Å². The molecule has 0 heterocycles. The molecule has 1 N–H and O–H groups in total. The van der Waals surface area contributed by atoms with Crippen molar-refractivity contribution in [1.29, 1.82) is 0 Å². The maximum atomic E-state index is 10.9. The molecular weight excluding hydrogens is 238 g/mol. The summed E-state index contributed by atoms with van der Waals surface area (Å²) < 4.78 is 0. The van der Waals surface area contributed by atoms with Crippen LogP contribution in [0.3, 0.4) is 0 Å². The van der Waals surface area contributed by atoms with Crippen LogP contribution in [0.15, 0.2) is 30.3 Å². The number of benzene rings is 1. The topological polar surface area (TPSA) is 40.5 Å². The van der Waals surface area contributed by atoms with E-state index in [1.165, 1.54) is 5.56 Å². The number of carbonyl (C=O) groups is 1. The molecule has 0 bridgehead atoms. The number of rotatable bonds is 9. The van der Waals surface area contributed by atoms with Crippen LogP contribution in [0.2, 0.25) is 0 Å². The van der Waals surface area contributed by atoms with Gasteiger partial charge in [0.05, 0.1) is 5.92 Å². The fourth-order valence-electron chi connectivity index (χ4n) is 2.23. The van der Waals surface area contributed by atoms with Gasteiger partial charge in [0.1, 0.15) is 0 Å². The van der Waals surface area contributed by atoms with Crippen LogP contribution in [-0.4, -0.2) is 35.6 Å². The number of hydrogen-bond acceptors (Lipinski definition) is 2. The lowest BCUT2D eigenvalue weighted by atomic mass is 10.1. The second-order valence-corrected chi connectivity index (χ2v) is 5.13. The van der Waals surface area contributed by atoms with Crippen molar-refractivity contribution in [2.75, 3.05) is 19.6 Å². The molecule has 0 aliphatic rings. The van der Waals surface area contributed by atoms with E-state index in [2.05, 4.69) is 36.1 Å². The van der Waals surface area contributed by atoms with E-state index >= 15 is 0 Å². The summed E-state index contributed by atoms with van der Waals surface area (Å²) >= 11 is 0. The molecule has 1 rings (SSSR count). The van der Waals surface area contributed by atoms with Crippen LogP contribution in [0.25, 0.3) is 0 Å². The summed E-state index contributed by atoms with van der Waals surface area (Å²) in [5.74, 6) is -0.993. The van der Waals surface area contributed by atoms with Gasteiger partial charge in [0.2, 0.25) is 0 Å². The molecule has 3 heteroatoms. The number of nitrogens with zero attached hydrogens (tertiary/aromatic N) is 1. The van der Waals surface area contributed by atoms with Gasteiger partial charge < -0.3 is 10.0 Å². The second kappa shape index (κ2) is 8.70. The fourth-order valence-corrected chi connectivity index (χ4v) is 2.23. The summed E-state index contributed by atoms with van der Waals surface area (Å²) in [5.41, 5.74) is 1.35. The molecule has 1 unspecified atom stereocenters. The van der Waals surface area contributed by atoms with Gasteiger partial charge in [0, 0.05) is 6.54 Å². The molecule has 0 spiro atoms. The first-order valence-electron chi connectivity index (χ1n) is 7.12. The monoisotopic (exact) mass is 263 g/mol. The number of aryl methyl sites for hydroxylation is 1. The number of hydrogen-bond donors (Lipinski definition) is 1. The van der Waals surface area contributed by atoms with Crippen LogP contribution < -0.4 is 0 Å². The molecule has 0 saturated carbocycles. The maximum Gasteiger partial charge on any atom is 0.307 e. The van der Waals surface area contributed by atoms with E-state index in [1.807, 2.05) is 6.07 Å². The lowest BCUT2D eigenvalue weighted by Gasteiger charge is -2.23. The van der Waals surface area contributed by atoms with Gasteiger partial charge in [-0.3, -0.25) is 4.79 Å². The van der Waals surface area contributed by atoms with Crippen molar-refractivity contribution >= 4 is 5.97 Å². The average molecular weight is 263 g/mol. The van der Waals surface area contributed by atoms with Gasteiger partial charge in [-0.15, -0.1) is 0 Å². The highest BCUT2D eigenvalue weighted by atomic mass is 16.4. The molecule has 0 radical (unpaired) electrons. The van der Waals surface area contributed by atoms with Crippen LogP contribution in [0, 0.1) is 5.92 Å². The van der Waals surface area contributed by atoms with E-state index in [0.29, 0.717) is 6.54 Å². The van der Waals surface area contributed by atoms with Crippen molar-refractivity contribution in [3.8, 4) is 0 Å². The van der Waals surface area contributed by atoms with Crippen LogP contribution in [0.4, 0.5) is 0 Å². The summed E-state index contributed by atoms with van der Waals surface area (Å²) in [6, 6.07) is 10.4. The van der Waals surface area contributed by atoms with E-state index in [-0.39, 0.29) is 5.92 Å². The Morgan fingerprint density at radius 2 is 1.95 bits per heavy atom. The van der Waals surface area contributed by atoms with Crippen LogP contribution in [0.5, 0.6) is 0 Å². The Hall–Kier alpha value is -1.35. The minimum Gasteiger partial charge on any atom is -0.481 e. The van der Waals surface area contributed by atoms with Crippen molar-refractivity contribution in [2.45, 2.75) is 33.1 Å². The van der Waals surface area contributed by atoms with Crippen LogP contribution in [0.1, 0.15) is 32.3 Å². The van der Waals surface area contributed by atoms with Gasteiger partial charge in [0.25, 0.3) is 0 Å². The highest BCUT2D eigenvalue weighted by Crippen LogP contribution is 2.06. The molecule has 0 aliphatic heterocycles. The molecule has 0 amide bonds. The third-order valence-corrected chi connectivity index (χ3v) is 3.28. The zero-order chi connectivity index (χ0) is 14.1. The minimum atomic E-state index is -0.704. The Kier molecular flexibility index (Phi) is 7.19. The Morgan fingerprint density at radius 1 is 1.26 bits per heavy atom. The van der Waals surface area contributed by atoms with Crippen molar-refractivity contribution in [3.05, 3.63) is 35.9 Å². The standard InChI is InChI=1S/C16H25NO2/c1-3-11-17(13-14(2)16(18)19)12-7-10-15-8-5-4-6-9-15/h4-6,8-9,14H,3,7,10-13H2,1-2H3,(H,18,19). The maximum absolute atomic E-state index is 10.9. The van der Waals surface area contributed by atoms with Gasteiger partial charge in [-0.1, -0.05) is 44.2 Å². The zero-order valence-electron chi connectivity index (χ0n) is 12.0. The van der Waals surface area contributed by atoms with Gasteiger partial charge in [-0.25, -0.2) is 0 Å². The van der Waals surface area contributed by atoms with E-state index in [4.69, 9.17) is 5.11 Å². The third kappa shape index (κ3) is 6.39. The Balaban J connectivity index is 2.35. The number of carboxylic acid groups (broad SMARTS) is 1. The molecular formula is C16H25NO2. The lowest BCUT2D eigenvalue weighted by Crippen LogP contribution is -2.33. The highest BCUT2D eigenvalue weighted by Gasteiger charge is 2.15. The largest absolute Gasteiger partial charge is 0.481 e. The second-order valence-electron chi connectivity index (χ2n) is 5.13. The van der Waals surface area contributed by atoms with Gasteiger partial charge in [-0.05, 0) is 37.9 Å².